The van der Waals surface area contributed by atoms with Gasteiger partial charge in [-0.05, 0) is 24.6 Å². The quantitative estimate of drug-likeness (QED) is 0.796. The summed E-state index contributed by atoms with van der Waals surface area (Å²) in [6.07, 6.45) is 0.140. The number of hydrogen-bond donors (Lipinski definition) is 2. The van der Waals surface area contributed by atoms with Crippen LogP contribution in [0.2, 0.25) is 0 Å². The number of amides is 1. The number of hydrogen-bond acceptors (Lipinski definition) is 3. The van der Waals surface area contributed by atoms with Crippen molar-refractivity contribution in [3.05, 3.63) is 29.8 Å². The van der Waals surface area contributed by atoms with Crippen molar-refractivity contribution in [1.82, 2.24) is 4.90 Å². The molecule has 17 heavy (non-hydrogen) atoms. The lowest BCUT2D eigenvalue weighted by atomic mass is 10.1. The summed E-state index contributed by atoms with van der Waals surface area (Å²) in [5.41, 5.74) is 0.747. The molecule has 5 heteroatoms. The summed E-state index contributed by atoms with van der Waals surface area (Å²) in [5, 5.41) is 17.7. The fraction of sp³-hybridized carbons (Fsp3) is 0.333. The molecule has 1 rings (SSSR count). The Hall–Kier alpha value is -2.04. The van der Waals surface area contributed by atoms with Crippen LogP contribution < -0.4 is 0 Å². The molecule has 0 spiro atoms. The standard InChI is InChI=1S/C12H15NO4/c1-2-13(8-12(16)17)11(15)7-9-3-5-10(14)6-4-9/h3-6,14H,2,7-8H2,1H3,(H,16,17). The molecule has 5 nitrogen and oxygen atoms in total. The smallest absolute Gasteiger partial charge is 0.323 e. The Bertz CT molecular complexity index is 399. The topological polar surface area (TPSA) is 77.8 Å². The van der Waals surface area contributed by atoms with E-state index in [0.717, 1.165) is 5.56 Å². The number of nitrogens with zero attached hydrogens (tertiary/aromatic N) is 1. The molecule has 0 aliphatic carbocycles. The number of rotatable bonds is 5. The summed E-state index contributed by atoms with van der Waals surface area (Å²) in [5.74, 6) is -1.12. The van der Waals surface area contributed by atoms with Gasteiger partial charge in [-0.2, -0.15) is 0 Å². The third-order valence-electron chi connectivity index (χ3n) is 2.35. The van der Waals surface area contributed by atoms with E-state index < -0.39 is 5.97 Å². The average Bonchev–Trinajstić information content (AvgIpc) is 2.28. The Kier molecular flexibility index (Phi) is 4.51. The van der Waals surface area contributed by atoms with Crippen LogP contribution >= 0.6 is 0 Å². The van der Waals surface area contributed by atoms with E-state index in [4.69, 9.17) is 10.2 Å². The van der Waals surface area contributed by atoms with Crippen LogP contribution in [0.25, 0.3) is 0 Å². The van der Waals surface area contributed by atoms with Crippen LogP contribution in [0.3, 0.4) is 0 Å². The number of aliphatic carboxylic acids is 1. The maximum Gasteiger partial charge on any atom is 0.323 e. The van der Waals surface area contributed by atoms with Crippen molar-refractivity contribution < 1.29 is 19.8 Å². The summed E-state index contributed by atoms with van der Waals surface area (Å²) in [4.78, 5) is 23.6. The van der Waals surface area contributed by atoms with Crippen molar-refractivity contribution in [2.75, 3.05) is 13.1 Å². The van der Waals surface area contributed by atoms with Gasteiger partial charge in [0.05, 0.1) is 6.42 Å². The molecule has 92 valence electrons. The van der Waals surface area contributed by atoms with E-state index in [1.54, 1.807) is 19.1 Å². The van der Waals surface area contributed by atoms with Crippen molar-refractivity contribution in [1.29, 1.82) is 0 Å². The molecule has 0 radical (unpaired) electrons. The largest absolute Gasteiger partial charge is 0.508 e. The molecule has 2 N–H and O–H groups in total. The second-order valence-corrected chi connectivity index (χ2v) is 3.64. The lowest BCUT2D eigenvalue weighted by Crippen LogP contribution is -2.36. The first-order valence-corrected chi connectivity index (χ1v) is 5.30. The number of phenols is 1. The van der Waals surface area contributed by atoms with Crippen LogP contribution in [-0.4, -0.2) is 40.1 Å². The van der Waals surface area contributed by atoms with Gasteiger partial charge in [0.25, 0.3) is 0 Å². The van der Waals surface area contributed by atoms with E-state index in [1.165, 1.54) is 17.0 Å². The van der Waals surface area contributed by atoms with Gasteiger partial charge < -0.3 is 15.1 Å². The number of carboxylic acids is 1. The lowest BCUT2D eigenvalue weighted by molar-refractivity contribution is -0.144. The van der Waals surface area contributed by atoms with Crippen molar-refractivity contribution in [2.24, 2.45) is 0 Å². The fourth-order valence-corrected chi connectivity index (χ4v) is 1.44. The number of carbonyl (C=O) groups excluding carboxylic acids is 1. The van der Waals surface area contributed by atoms with Gasteiger partial charge in [0.1, 0.15) is 12.3 Å². The Morgan fingerprint density at radius 3 is 2.29 bits per heavy atom. The molecule has 1 aromatic carbocycles. The molecule has 0 aromatic heterocycles. The number of benzene rings is 1. The first-order valence-electron chi connectivity index (χ1n) is 5.30. The van der Waals surface area contributed by atoms with Crippen molar-refractivity contribution in [3.63, 3.8) is 0 Å². The summed E-state index contributed by atoms with van der Waals surface area (Å²) < 4.78 is 0. The number of aromatic hydroxyl groups is 1. The van der Waals surface area contributed by atoms with E-state index in [1.807, 2.05) is 0 Å². The number of carbonyl (C=O) groups is 2. The van der Waals surface area contributed by atoms with Gasteiger partial charge in [0.2, 0.25) is 5.91 Å². The van der Waals surface area contributed by atoms with Gasteiger partial charge in [0.15, 0.2) is 0 Å². The Morgan fingerprint density at radius 1 is 1.24 bits per heavy atom. The van der Waals surface area contributed by atoms with Gasteiger partial charge in [0, 0.05) is 6.54 Å². The van der Waals surface area contributed by atoms with Crippen LogP contribution in [0, 0.1) is 0 Å². The Morgan fingerprint density at radius 2 is 1.82 bits per heavy atom. The minimum atomic E-state index is -1.02. The summed E-state index contributed by atoms with van der Waals surface area (Å²) in [7, 11) is 0. The fourth-order valence-electron chi connectivity index (χ4n) is 1.44. The van der Waals surface area contributed by atoms with Crippen LogP contribution in [-0.2, 0) is 16.0 Å². The lowest BCUT2D eigenvalue weighted by Gasteiger charge is -2.18. The number of likely N-dealkylation sites (N-methyl/N-ethyl adjacent to an activating group) is 1. The minimum Gasteiger partial charge on any atom is -0.508 e. The van der Waals surface area contributed by atoms with Gasteiger partial charge in [-0.3, -0.25) is 9.59 Å². The predicted molar refractivity (Wildman–Crippen MR) is 61.7 cm³/mol. The molecule has 1 amide bonds. The molecular weight excluding hydrogens is 222 g/mol. The third kappa shape index (κ3) is 4.14. The van der Waals surface area contributed by atoms with Gasteiger partial charge in [-0.25, -0.2) is 0 Å². The molecule has 0 heterocycles. The van der Waals surface area contributed by atoms with E-state index >= 15 is 0 Å². The maximum absolute atomic E-state index is 11.8. The zero-order valence-corrected chi connectivity index (χ0v) is 9.59. The van der Waals surface area contributed by atoms with Crippen LogP contribution in [0.4, 0.5) is 0 Å². The molecular formula is C12H15NO4. The molecule has 1 aromatic rings. The predicted octanol–water partition coefficient (Wildman–Crippen LogP) is 0.868. The molecule has 0 fully saturated rings. The van der Waals surface area contributed by atoms with E-state index in [-0.39, 0.29) is 24.6 Å². The molecule has 0 saturated carbocycles. The molecule has 0 bridgehead atoms. The number of phenolic OH excluding ortho intramolecular Hbond substituents is 1. The van der Waals surface area contributed by atoms with Crippen LogP contribution in [0.5, 0.6) is 5.75 Å². The first-order chi connectivity index (χ1) is 8.02. The third-order valence-corrected chi connectivity index (χ3v) is 2.35. The average molecular weight is 237 g/mol. The highest BCUT2D eigenvalue weighted by atomic mass is 16.4. The van der Waals surface area contributed by atoms with Gasteiger partial charge in [-0.1, -0.05) is 12.1 Å². The molecule has 0 atom stereocenters. The second-order valence-electron chi connectivity index (χ2n) is 3.64. The van der Waals surface area contributed by atoms with Crippen molar-refractivity contribution in [2.45, 2.75) is 13.3 Å². The van der Waals surface area contributed by atoms with Crippen LogP contribution in [0.1, 0.15) is 12.5 Å². The van der Waals surface area contributed by atoms with Gasteiger partial charge in [-0.15, -0.1) is 0 Å². The Labute approximate surface area is 99.3 Å². The van der Waals surface area contributed by atoms with E-state index in [0.29, 0.717) is 6.54 Å². The SMILES string of the molecule is CCN(CC(=O)O)C(=O)Cc1ccc(O)cc1. The molecule has 0 saturated heterocycles. The van der Waals surface area contributed by atoms with Crippen LogP contribution in [0.15, 0.2) is 24.3 Å². The zero-order chi connectivity index (χ0) is 12.8. The van der Waals surface area contributed by atoms with Gasteiger partial charge >= 0.3 is 5.97 Å². The molecule has 0 aliphatic rings. The molecule has 0 unspecified atom stereocenters. The van der Waals surface area contributed by atoms with Crippen molar-refractivity contribution >= 4 is 11.9 Å². The highest BCUT2D eigenvalue weighted by Crippen LogP contribution is 2.10. The normalized spacial score (nSPS) is 9.94. The Balaban J connectivity index is 2.63. The number of carboxylic acid groups (broad SMARTS) is 1. The van der Waals surface area contributed by atoms with E-state index in [2.05, 4.69) is 0 Å². The maximum atomic E-state index is 11.8. The molecule has 0 aliphatic heterocycles. The second kappa shape index (κ2) is 5.89. The summed E-state index contributed by atoms with van der Waals surface area (Å²) in [6, 6.07) is 6.27. The highest BCUT2D eigenvalue weighted by molar-refractivity contribution is 5.82. The summed E-state index contributed by atoms with van der Waals surface area (Å²) >= 11 is 0. The summed E-state index contributed by atoms with van der Waals surface area (Å²) in [6.45, 7) is 1.81. The zero-order valence-electron chi connectivity index (χ0n) is 9.59. The van der Waals surface area contributed by atoms with Crippen molar-refractivity contribution in [3.8, 4) is 5.75 Å². The monoisotopic (exact) mass is 237 g/mol. The highest BCUT2D eigenvalue weighted by Gasteiger charge is 2.14. The van der Waals surface area contributed by atoms with E-state index in [9.17, 15) is 9.59 Å². The first kappa shape index (κ1) is 13.0. The minimum absolute atomic E-state index is 0.138.